The van der Waals surface area contributed by atoms with Crippen LogP contribution in [0.3, 0.4) is 0 Å². The van der Waals surface area contributed by atoms with Gasteiger partial charge < -0.3 is 11.1 Å². The maximum atomic E-state index is 11.6. The Morgan fingerprint density at radius 3 is 1.31 bits per heavy atom. The fraction of sp³-hybridized carbons (Fsp3) is 0.886. The molecule has 0 unspecified atom stereocenters. The Balaban J connectivity index is 0. The van der Waals surface area contributed by atoms with Gasteiger partial charge in [0.15, 0.2) is 0 Å². The number of primary amides is 1. The van der Waals surface area contributed by atoms with Crippen molar-refractivity contribution < 1.29 is 9.59 Å². The molecule has 4 heteroatoms. The van der Waals surface area contributed by atoms with E-state index in [1.54, 1.807) is 0 Å². The van der Waals surface area contributed by atoms with Gasteiger partial charge in [0.1, 0.15) is 0 Å². The lowest BCUT2D eigenvalue weighted by Gasteiger charge is -2.05. The van der Waals surface area contributed by atoms with Crippen LogP contribution >= 0.6 is 0 Å². The van der Waals surface area contributed by atoms with Crippen LogP contribution in [0.15, 0.2) is 12.2 Å². The van der Waals surface area contributed by atoms with Gasteiger partial charge in [-0.2, -0.15) is 0 Å². The van der Waals surface area contributed by atoms with Crippen LogP contribution < -0.4 is 11.1 Å². The van der Waals surface area contributed by atoms with Gasteiger partial charge in [0, 0.05) is 19.4 Å². The van der Waals surface area contributed by atoms with Crippen LogP contribution in [-0.2, 0) is 9.59 Å². The van der Waals surface area contributed by atoms with Gasteiger partial charge in [-0.05, 0) is 44.9 Å². The van der Waals surface area contributed by atoms with Gasteiger partial charge in [-0.15, -0.1) is 0 Å². The van der Waals surface area contributed by atoms with Crippen LogP contribution in [-0.4, -0.2) is 18.4 Å². The highest BCUT2D eigenvalue weighted by molar-refractivity contribution is 5.75. The van der Waals surface area contributed by atoms with Gasteiger partial charge in [-0.3, -0.25) is 9.59 Å². The summed E-state index contributed by atoms with van der Waals surface area (Å²) < 4.78 is 0. The average molecular weight is 551 g/mol. The lowest BCUT2D eigenvalue weighted by Crippen LogP contribution is -2.23. The zero-order valence-corrected chi connectivity index (χ0v) is 26.8. The highest BCUT2D eigenvalue weighted by Crippen LogP contribution is 2.12. The molecule has 0 saturated carbocycles. The van der Waals surface area contributed by atoms with Crippen LogP contribution in [0.4, 0.5) is 0 Å². The van der Waals surface area contributed by atoms with E-state index in [4.69, 9.17) is 5.73 Å². The number of nitrogens with one attached hydrogen (secondary N) is 1. The number of carbonyl (C=O) groups excluding carboxylic acids is 2. The van der Waals surface area contributed by atoms with Gasteiger partial charge in [-0.25, -0.2) is 0 Å². The molecule has 0 aliphatic rings. The summed E-state index contributed by atoms with van der Waals surface area (Å²) in [7, 11) is 0. The first-order valence-electron chi connectivity index (χ1n) is 17.3. The van der Waals surface area contributed by atoms with Crippen LogP contribution in [0.25, 0.3) is 0 Å². The highest BCUT2D eigenvalue weighted by Gasteiger charge is 2.00. The fourth-order valence-electron chi connectivity index (χ4n) is 4.66. The quantitative estimate of drug-likeness (QED) is 0.0718. The third-order valence-corrected chi connectivity index (χ3v) is 7.29. The Kier molecular flexibility index (Phi) is 37.5. The Morgan fingerprint density at radius 1 is 0.487 bits per heavy atom. The summed E-state index contributed by atoms with van der Waals surface area (Å²) in [4.78, 5) is 22.1. The van der Waals surface area contributed by atoms with E-state index < -0.39 is 0 Å². The molecule has 0 rings (SSSR count). The molecule has 0 aliphatic carbocycles. The van der Waals surface area contributed by atoms with E-state index in [-0.39, 0.29) is 11.8 Å². The molecule has 3 N–H and O–H groups in total. The Morgan fingerprint density at radius 2 is 0.846 bits per heavy atom. The summed E-state index contributed by atoms with van der Waals surface area (Å²) in [6, 6.07) is 0. The van der Waals surface area contributed by atoms with Gasteiger partial charge in [-0.1, -0.05) is 148 Å². The van der Waals surface area contributed by atoms with Crippen molar-refractivity contribution in [3.05, 3.63) is 12.2 Å². The molecule has 0 aromatic rings. The normalized spacial score (nSPS) is 10.9. The highest BCUT2D eigenvalue weighted by atomic mass is 16.1. The van der Waals surface area contributed by atoms with Crippen molar-refractivity contribution in [2.75, 3.05) is 6.54 Å². The van der Waals surface area contributed by atoms with Crippen LogP contribution in [0, 0.1) is 0 Å². The summed E-state index contributed by atoms with van der Waals surface area (Å²) in [5, 5.41) is 3.01. The van der Waals surface area contributed by atoms with Crippen molar-refractivity contribution in [3.63, 3.8) is 0 Å². The molecule has 2 amide bonds. The number of amides is 2. The third kappa shape index (κ3) is 41.3. The average Bonchev–Trinajstić information content (AvgIpc) is 2.92. The summed E-state index contributed by atoms with van der Waals surface area (Å²) in [6.07, 6.45) is 38.0. The number of allylic oxidation sites excluding steroid dienone is 2. The standard InChI is InChI=1S/C19H39NO.C16H31NO/c1-3-5-7-8-9-10-11-12-13-14-15-17-19(21)20-18-16-6-4-2;1-2-3-4-5-6-7-8-9-10-11-12-13-14-15-16(17)18/h3-18H2,1-2H3,(H,20,21);7-8H,2-6,9-15H2,1H3,(H2,17,18)/b;8-7-. The minimum Gasteiger partial charge on any atom is -0.370 e. The molecule has 0 radical (unpaired) electrons. The molecular weight excluding hydrogens is 480 g/mol. The zero-order valence-electron chi connectivity index (χ0n) is 26.8. The first-order chi connectivity index (χ1) is 19.1. The summed E-state index contributed by atoms with van der Waals surface area (Å²) in [5.74, 6) is 0.0861. The Bertz CT molecular complexity index is 519. The van der Waals surface area contributed by atoms with Gasteiger partial charge in [0.25, 0.3) is 0 Å². The molecule has 4 nitrogen and oxygen atoms in total. The third-order valence-electron chi connectivity index (χ3n) is 7.29. The number of carbonyl (C=O) groups is 2. The first kappa shape index (κ1) is 39.8. The SMILES string of the molecule is CCCCCC/C=C\CCCCCCCC(N)=O.CCCCCCCCCCCCCC(=O)NCCCCC. The molecular formula is C35H70N2O2. The van der Waals surface area contributed by atoms with Crippen molar-refractivity contribution in [2.45, 2.75) is 194 Å². The van der Waals surface area contributed by atoms with E-state index in [2.05, 4.69) is 38.2 Å². The minimum atomic E-state index is -0.166. The van der Waals surface area contributed by atoms with E-state index in [9.17, 15) is 9.59 Å². The molecule has 0 saturated heterocycles. The lowest BCUT2D eigenvalue weighted by atomic mass is 10.1. The molecule has 0 bridgehead atoms. The number of hydrogen-bond acceptors (Lipinski definition) is 2. The number of nitrogens with two attached hydrogens (primary N) is 1. The van der Waals surface area contributed by atoms with Crippen molar-refractivity contribution in [3.8, 4) is 0 Å². The van der Waals surface area contributed by atoms with Crippen molar-refractivity contribution in [2.24, 2.45) is 5.73 Å². The lowest BCUT2D eigenvalue weighted by molar-refractivity contribution is -0.121. The van der Waals surface area contributed by atoms with E-state index in [1.165, 1.54) is 135 Å². The van der Waals surface area contributed by atoms with Crippen molar-refractivity contribution >= 4 is 11.8 Å². The molecule has 0 fully saturated rings. The van der Waals surface area contributed by atoms with Gasteiger partial charge in [0.05, 0.1) is 0 Å². The Labute approximate surface area is 245 Å². The molecule has 0 spiro atoms. The van der Waals surface area contributed by atoms with Crippen molar-refractivity contribution in [1.29, 1.82) is 0 Å². The zero-order chi connectivity index (χ0) is 29.1. The molecule has 0 aromatic heterocycles. The van der Waals surface area contributed by atoms with E-state index >= 15 is 0 Å². The number of unbranched alkanes of at least 4 members (excludes halogenated alkanes) is 21. The second kappa shape index (κ2) is 36.7. The fourth-order valence-corrected chi connectivity index (χ4v) is 4.66. The van der Waals surface area contributed by atoms with E-state index in [0.717, 1.165) is 38.6 Å². The summed E-state index contributed by atoms with van der Waals surface area (Å²) >= 11 is 0. The van der Waals surface area contributed by atoms with Crippen molar-refractivity contribution in [1.82, 2.24) is 5.32 Å². The summed E-state index contributed by atoms with van der Waals surface area (Å²) in [6.45, 7) is 7.57. The number of hydrogen-bond donors (Lipinski definition) is 2. The van der Waals surface area contributed by atoms with E-state index in [0.29, 0.717) is 6.42 Å². The van der Waals surface area contributed by atoms with Gasteiger partial charge in [0.2, 0.25) is 11.8 Å². The second-order valence-electron chi connectivity index (χ2n) is 11.4. The molecule has 0 heterocycles. The minimum absolute atomic E-state index is 0.166. The smallest absolute Gasteiger partial charge is 0.219 e. The maximum absolute atomic E-state index is 11.6. The second-order valence-corrected chi connectivity index (χ2v) is 11.4. The Hall–Kier alpha value is -1.32. The number of rotatable bonds is 29. The van der Waals surface area contributed by atoms with E-state index in [1.807, 2.05) is 0 Å². The predicted octanol–water partition coefficient (Wildman–Crippen LogP) is 10.7. The molecule has 0 atom stereocenters. The molecule has 0 aromatic carbocycles. The van der Waals surface area contributed by atoms with Crippen LogP contribution in [0.2, 0.25) is 0 Å². The van der Waals surface area contributed by atoms with Crippen LogP contribution in [0.5, 0.6) is 0 Å². The first-order valence-corrected chi connectivity index (χ1v) is 17.3. The molecule has 39 heavy (non-hydrogen) atoms. The topological polar surface area (TPSA) is 72.2 Å². The summed E-state index contributed by atoms with van der Waals surface area (Å²) in [5.41, 5.74) is 5.08. The molecule has 232 valence electrons. The maximum Gasteiger partial charge on any atom is 0.219 e. The van der Waals surface area contributed by atoms with Gasteiger partial charge >= 0.3 is 0 Å². The monoisotopic (exact) mass is 551 g/mol. The van der Waals surface area contributed by atoms with Crippen LogP contribution in [0.1, 0.15) is 194 Å². The molecule has 0 aliphatic heterocycles. The largest absolute Gasteiger partial charge is 0.370 e. The predicted molar refractivity (Wildman–Crippen MR) is 173 cm³/mol.